The molecule has 1 aromatic heterocycles. The predicted molar refractivity (Wildman–Crippen MR) is 71.9 cm³/mol. The predicted octanol–water partition coefficient (Wildman–Crippen LogP) is 3.13. The summed E-state index contributed by atoms with van der Waals surface area (Å²) in [6.45, 7) is 1.13. The van der Waals surface area contributed by atoms with Crippen LogP contribution in [0.4, 0.5) is 0 Å². The van der Waals surface area contributed by atoms with Crippen LogP contribution in [0.15, 0.2) is 47.1 Å². The molecular weight excluding hydrogens is 250 g/mol. The average Bonchev–Trinajstić information content (AvgIpc) is 2.89. The number of hydrogen-bond donors (Lipinski definition) is 1. The first-order valence-corrected chi connectivity index (χ1v) is 6.26. The van der Waals surface area contributed by atoms with Crippen molar-refractivity contribution >= 4 is 11.6 Å². The molecular formula is C14H16ClNO2. The highest BCUT2D eigenvalue weighted by Gasteiger charge is 2.10. The fraction of sp³-hybridized carbons (Fsp3) is 0.286. The minimum atomic E-state index is 0.242. The molecule has 1 unspecified atom stereocenters. The van der Waals surface area contributed by atoms with Crippen LogP contribution in [0.5, 0.6) is 5.75 Å². The zero-order valence-electron chi connectivity index (χ0n) is 10.0. The van der Waals surface area contributed by atoms with Crippen LogP contribution in [0.3, 0.4) is 0 Å². The molecule has 0 saturated heterocycles. The zero-order chi connectivity index (χ0) is 12.8. The van der Waals surface area contributed by atoms with Gasteiger partial charge in [-0.25, -0.2) is 0 Å². The van der Waals surface area contributed by atoms with Crippen molar-refractivity contribution in [1.29, 1.82) is 0 Å². The lowest BCUT2D eigenvalue weighted by Crippen LogP contribution is -2.23. The van der Waals surface area contributed by atoms with Crippen molar-refractivity contribution in [3.8, 4) is 5.75 Å². The Kier molecular flexibility index (Phi) is 4.67. The van der Waals surface area contributed by atoms with E-state index in [1.807, 2.05) is 24.3 Å². The van der Waals surface area contributed by atoms with Gasteiger partial charge in [-0.1, -0.05) is 11.6 Å². The van der Waals surface area contributed by atoms with Crippen LogP contribution in [0.1, 0.15) is 5.76 Å². The summed E-state index contributed by atoms with van der Waals surface area (Å²) < 4.78 is 11.0. The Labute approximate surface area is 111 Å². The second kappa shape index (κ2) is 6.47. The van der Waals surface area contributed by atoms with Crippen molar-refractivity contribution in [2.24, 2.45) is 11.7 Å². The normalized spacial score (nSPS) is 12.3. The molecule has 1 aromatic carbocycles. The summed E-state index contributed by atoms with van der Waals surface area (Å²) in [5, 5.41) is 0.702. The molecule has 2 N–H and O–H groups in total. The van der Waals surface area contributed by atoms with E-state index in [4.69, 9.17) is 26.5 Å². The maximum absolute atomic E-state index is 5.81. The first-order chi connectivity index (χ1) is 8.78. The van der Waals surface area contributed by atoms with E-state index in [1.54, 1.807) is 18.4 Å². The molecule has 0 aliphatic rings. The molecule has 0 amide bonds. The van der Waals surface area contributed by atoms with Gasteiger partial charge in [0.15, 0.2) is 0 Å². The van der Waals surface area contributed by atoms with Crippen LogP contribution >= 0.6 is 11.6 Å². The highest BCUT2D eigenvalue weighted by atomic mass is 35.5. The van der Waals surface area contributed by atoms with Crippen molar-refractivity contribution < 1.29 is 9.15 Å². The highest BCUT2D eigenvalue weighted by molar-refractivity contribution is 6.30. The summed E-state index contributed by atoms with van der Waals surface area (Å²) in [6, 6.07) is 11.1. The van der Waals surface area contributed by atoms with Crippen LogP contribution in [0, 0.1) is 5.92 Å². The van der Waals surface area contributed by atoms with E-state index in [2.05, 4.69) is 0 Å². The summed E-state index contributed by atoms with van der Waals surface area (Å²) in [5.41, 5.74) is 5.73. The molecule has 18 heavy (non-hydrogen) atoms. The van der Waals surface area contributed by atoms with Gasteiger partial charge in [0.1, 0.15) is 11.5 Å². The van der Waals surface area contributed by atoms with Gasteiger partial charge in [-0.05, 0) is 42.9 Å². The Morgan fingerprint density at radius 1 is 1.22 bits per heavy atom. The molecule has 0 bridgehead atoms. The van der Waals surface area contributed by atoms with E-state index in [1.165, 1.54) is 0 Å². The van der Waals surface area contributed by atoms with E-state index >= 15 is 0 Å². The zero-order valence-corrected chi connectivity index (χ0v) is 10.8. The molecule has 1 atom stereocenters. The quantitative estimate of drug-likeness (QED) is 0.873. The maximum atomic E-state index is 5.81. The number of rotatable bonds is 6. The highest BCUT2D eigenvalue weighted by Crippen LogP contribution is 2.17. The molecule has 3 nitrogen and oxygen atoms in total. The summed E-state index contributed by atoms with van der Waals surface area (Å²) >= 11 is 5.81. The van der Waals surface area contributed by atoms with Gasteiger partial charge in [0, 0.05) is 17.4 Å². The average molecular weight is 266 g/mol. The molecule has 0 aliphatic heterocycles. The molecule has 1 heterocycles. The molecule has 0 radical (unpaired) electrons. The molecule has 0 fully saturated rings. The van der Waals surface area contributed by atoms with Crippen molar-refractivity contribution in [2.45, 2.75) is 6.42 Å². The lowest BCUT2D eigenvalue weighted by Gasteiger charge is -2.14. The van der Waals surface area contributed by atoms with Gasteiger partial charge in [-0.3, -0.25) is 0 Å². The van der Waals surface area contributed by atoms with Gasteiger partial charge in [0.05, 0.1) is 12.9 Å². The fourth-order valence-electron chi connectivity index (χ4n) is 1.67. The third-order valence-electron chi connectivity index (χ3n) is 2.70. The van der Waals surface area contributed by atoms with Crippen LogP contribution in [0.2, 0.25) is 5.02 Å². The fourth-order valence-corrected chi connectivity index (χ4v) is 1.79. The largest absolute Gasteiger partial charge is 0.493 e. The Bertz CT molecular complexity index is 453. The summed E-state index contributed by atoms with van der Waals surface area (Å²) in [6.07, 6.45) is 2.46. The first kappa shape index (κ1) is 13.0. The van der Waals surface area contributed by atoms with Gasteiger partial charge in [-0.15, -0.1) is 0 Å². The standard InChI is InChI=1S/C14H16ClNO2/c15-12-3-5-13(6-4-12)18-10-11(9-16)8-14-2-1-7-17-14/h1-7,11H,8-10,16H2. The topological polar surface area (TPSA) is 48.4 Å². The third kappa shape index (κ3) is 3.79. The van der Waals surface area contributed by atoms with Gasteiger partial charge < -0.3 is 14.9 Å². The van der Waals surface area contributed by atoms with Crippen molar-refractivity contribution in [3.63, 3.8) is 0 Å². The minimum Gasteiger partial charge on any atom is -0.493 e. The minimum absolute atomic E-state index is 0.242. The third-order valence-corrected chi connectivity index (χ3v) is 2.95. The monoisotopic (exact) mass is 265 g/mol. The Hall–Kier alpha value is -1.45. The van der Waals surface area contributed by atoms with Gasteiger partial charge in [-0.2, -0.15) is 0 Å². The second-order valence-electron chi connectivity index (χ2n) is 4.15. The summed E-state index contributed by atoms with van der Waals surface area (Å²) in [4.78, 5) is 0. The molecule has 96 valence electrons. The van der Waals surface area contributed by atoms with E-state index in [0.29, 0.717) is 18.2 Å². The number of furan rings is 1. The lowest BCUT2D eigenvalue weighted by molar-refractivity contribution is 0.245. The van der Waals surface area contributed by atoms with E-state index in [9.17, 15) is 0 Å². The van der Waals surface area contributed by atoms with E-state index in [-0.39, 0.29) is 5.92 Å². The lowest BCUT2D eigenvalue weighted by atomic mass is 10.1. The van der Waals surface area contributed by atoms with E-state index in [0.717, 1.165) is 17.9 Å². The summed E-state index contributed by atoms with van der Waals surface area (Å²) in [5.74, 6) is 1.98. The first-order valence-electron chi connectivity index (χ1n) is 5.88. The maximum Gasteiger partial charge on any atom is 0.119 e. The molecule has 0 spiro atoms. The van der Waals surface area contributed by atoms with Crippen molar-refractivity contribution in [3.05, 3.63) is 53.4 Å². The van der Waals surface area contributed by atoms with Crippen LogP contribution in [-0.2, 0) is 6.42 Å². The van der Waals surface area contributed by atoms with Gasteiger partial charge in [0.2, 0.25) is 0 Å². The van der Waals surface area contributed by atoms with Gasteiger partial charge >= 0.3 is 0 Å². The molecule has 0 aliphatic carbocycles. The molecule has 4 heteroatoms. The van der Waals surface area contributed by atoms with Crippen molar-refractivity contribution in [1.82, 2.24) is 0 Å². The van der Waals surface area contributed by atoms with Crippen LogP contribution < -0.4 is 10.5 Å². The van der Waals surface area contributed by atoms with Crippen LogP contribution in [0.25, 0.3) is 0 Å². The second-order valence-corrected chi connectivity index (χ2v) is 4.59. The SMILES string of the molecule is NCC(COc1ccc(Cl)cc1)Cc1ccco1. The smallest absolute Gasteiger partial charge is 0.119 e. The Morgan fingerprint density at radius 3 is 2.61 bits per heavy atom. The number of hydrogen-bond acceptors (Lipinski definition) is 3. The van der Waals surface area contributed by atoms with Crippen LogP contribution in [-0.4, -0.2) is 13.2 Å². The molecule has 0 saturated carbocycles. The number of nitrogens with two attached hydrogens (primary N) is 1. The molecule has 2 aromatic rings. The Balaban J connectivity index is 1.85. The number of benzene rings is 1. The van der Waals surface area contributed by atoms with E-state index < -0.39 is 0 Å². The van der Waals surface area contributed by atoms with Gasteiger partial charge in [0.25, 0.3) is 0 Å². The van der Waals surface area contributed by atoms with Crippen molar-refractivity contribution in [2.75, 3.05) is 13.2 Å². The molecule has 2 rings (SSSR count). The number of ether oxygens (including phenoxy) is 1. The Morgan fingerprint density at radius 2 is 2.00 bits per heavy atom. The number of halogens is 1. The summed E-state index contributed by atoms with van der Waals surface area (Å²) in [7, 11) is 0.